The molecule has 1 unspecified atom stereocenters. The molecule has 0 bridgehead atoms. The summed E-state index contributed by atoms with van der Waals surface area (Å²) in [4.78, 5) is 33.0. The van der Waals surface area contributed by atoms with Gasteiger partial charge in [0.2, 0.25) is 5.91 Å². The van der Waals surface area contributed by atoms with Gasteiger partial charge in [0.05, 0.1) is 51.9 Å². The molecule has 4 aromatic carbocycles. The Kier molecular flexibility index (Phi) is 11.7. The molecule has 4 aromatic rings. The van der Waals surface area contributed by atoms with E-state index in [1.54, 1.807) is 12.0 Å². The zero-order valence-corrected chi connectivity index (χ0v) is 34.2. The monoisotopic (exact) mass is 777 g/mol. The van der Waals surface area contributed by atoms with Crippen molar-refractivity contribution in [3.05, 3.63) is 108 Å². The van der Waals surface area contributed by atoms with Gasteiger partial charge >= 0.3 is 0 Å². The number of aliphatic hydroxyl groups is 2. The van der Waals surface area contributed by atoms with Crippen LogP contribution in [-0.4, -0.2) is 75.7 Å². The zero-order valence-electron chi connectivity index (χ0n) is 33.2. The fraction of sp³-hybridized carbons (Fsp3) is 0.422. The second kappa shape index (κ2) is 16.5. The Hall–Kier alpha value is -4.52. The number of benzene rings is 4. The van der Waals surface area contributed by atoms with Crippen molar-refractivity contribution in [2.75, 3.05) is 43.3 Å². The van der Waals surface area contributed by atoms with E-state index in [0.29, 0.717) is 32.4 Å². The third-order valence-corrected chi connectivity index (χ3v) is 16.5. The molecule has 1 saturated heterocycles. The molecule has 56 heavy (non-hydrogen) atoms. The van der Waals surface area contributed by atoms with Crippen molar-refractivity contribution < 1.29 is 34.0 Å². The van der Waals surface area contributed by atoms with Gasteiger partial charge in [-0.3, -0.25) is 14.5 Å². The average molecular weight is 778 g/mol. The molecule has 0 radical (unpaired) electrons. The summed E-state index contributed by atoms with van der Waals surface area (Å²) in [5.41, 5.74) is 3.93. The van der Waals surface area contributed by atoms with Gasteiger partial charge in [-0.05, 0) is 104 Å². The number of nitrogens with one attached hydrogen (secondary N) is 1. The molecule has 0 aromatic heterocycles. The normalized spacial score (nSPS) is 23.1. The van der Waals surface area contributed by atoms with E-state index in [9.17, 15) is 15.0 Å². The summed E-state index contributed by atoms with van der Waals surface area (Å²) in [6, 6.07) is 29.5. The predicted octanol–water partition coefficient (Wildman–Crippen LogP) is 6.19. The number of methoxy groups -OCH3 is 1. The Balaban J connectivity index is 1.22. The summed E-state index contributed by atoms with van der Waals surface area (Å²) >= 11 is 0. The summed E-state index contributed by atoms with van der Waals surface area (Å²) in [7, 11) is -0.634. The second-order valence-corrected chi connectivity index (χ2v) is 20.5. The molecule has 3 aliphatic rings. The summed E-state index contributed by atoms with van der Waals surface area (Å²) in [5.74, 6) is 1.24. The molecule has 3 heterocycles. The first kappa shape index (κ1) is 39.7. The number of fused-ring (bicyclic) bond motifs is 3. The van der Waals surface area contributed by atoms with Crippen LogP contribution in [0.1, 0.15) is 49.8 Å². The van der Waals surface area contributed by atoms with Crippen LogP contribution in [0, 0.1) is 5.92 Å². The number of hydrogen-bond donors (Lipinski definition) is 3. The lowest BCUT2D eigenvalue weighted by Crippen LogP contribution is -2.51. The SMILES string of the molecule is CCOc1ccc2c(c1)CC(NCCCCO)C(=O)N2c1cccc(CN2C(=O)[C@@]3(O[C@@H](CCO)[C@H]([Si](C)(C)c4ccc(OC)cc4)[C@H]3C)c3ccccc32)c1. The van der Waals surface area contributed by atoms with Gasteiger partial charge in [-0.1, -0.05) is 67.7 Å². The molecule has 7 rings (SSSR count). The molecule has 3 N–H and O–H groups in total. The summed E-state index contributed by atoms with van der Waals surface area (Å²) in [6.07, 6.45) is 2.09. The number of para-hydroxylation sites is 1. The molecule has 2 amide bonds. The number of anilines is 3. The van der Waals surface area contributed by atoms with Gasteiger partial charge in [-0.2, -0.15) is 0 Å². The molecule has 10 nitrogen and oxygen atoms in total. The number of nitrogens with zero attached hydrogens (tertiary/aromatic N) is 2. The number of ether oxygens (including phenoxy) is 3. The summed E-state index contributed by atoms with van der Waals surface area (Å²) in [6.45, 7) is 10.3. The highest BCUT2D eigenvalue weighted by Crippen LogP contribution is 2.60. The largest absolute Gasteiger partial charge is 0.497 e. The van der Waals surface area contributed by atoms with E-state index in [4.69, 9.17) is 14.2 Å². The molecule has 1 fully saturated rings. The van der Waals surface area contributed by atoms with Gasteiger partial charge in [-0.15, -0.1) is 0 Å². The smallest absolute Gasteiger partial charge is 0.264 e. The first-order valence-electron chi connectivity index (χ1n) is 20.0. The predicted molar refractivity (Wildman–Crippen MR) is 222 cm³/mol. The molecule has 0 saturated carbocycles. The fourth-order valence-corrected chi connectivity index (χ4v) is 13.6. The molecule has 296 valence electrons. The molecule has 5 atom stereocenters. The maximum Gasteiger partial charge on any atom is 0.264 e. The van der Waals surface area contributed by atoms with Crippen molar-refractivity contribution in [3.8, 4) is 11.5 Å². The lowest BCUT2D eigenvalue weighted by atomic mass is 9.82. The number of amides is 2. The van der Waals surface area contributed by atoms with Crippen LogP contribution in [0.5, 0.6) is 11.5 Å². The Morgan fingerprint density at radius 1 is 0.911 bits per heavy atom. The first-order chi connectivity index (χ1) is 27.1. The van der Waals surface area contributed by atoms with E-state index < -0.39 is 19.7 Å². The fourth-order valence-electron chi connectivity index (χ4n) is 9.52. The number of carbonyl (C=O) groups excluding carboxylic acids is 2. The van der Waals surface area contributed by atoms with E-state index in [1.165, 1.54) is 5.19 Å². The molecule has 0 aliphatic carbocycles. The first-order valence-corrected chi connectivity index (χ1v) is 23.0. The van der Waals surface area contributed by atoms with E-state index in [-0.39, 0.29) is 49.1 Å². The highest BCUT2D eigenvalue weighted by molar-refractivity contribution is 6.91. The van der Waals surface area contributed by atoms with Gasteiger partial charge in [0.15, 0.2) is 5.60 Å². The van der Waals surface area contributed by atoms with Crippen LogP contribution in [0.25, 0.3) is 0 Å². The number of aliphatic hydroxyl groups excluding tert-OH is 2. The Bertz CT molecular complexity index is 2040. The second-order valence-electron chi connectivity index (χ2n) is 15.8. The molecule has 3 aliphatic heterocycles. The zero-order chi connectivity index (χ0) is 39.6. The van der Waals surface area contributed by atoms with Gasteiger partial charge in [0.25, 0.3) is 5.91 Å². The summed E-state index contributed by atoms with van der Waals surface area (Å²) in [5, 5.41) is 24.3. The van der Waals surface area contributed by atoms with Crippen molar-refractivity contribution in [1.82, 2.24) is 5.32 Å². The van der Waals surface area contributed by atoms with Crippen LogP contribution in [0.4, 0.5) is 17.1 Å². The third kappa shape index (κ3) is 7.04. The van der Waals surface area contributed by atoms with Crippen LogP contribution in [0.2, 0.25) is 18.6 Å². The quantitative estimate of drug-likeness (QED) is 0.0967. The Morgan fingerprint density at radius 3 is 2.41 bits per heavy atom. The van der Waals surface area contributed by atoms with Crippen LogP contribution in [0.3, 0.4) is 0 Å². The number of rotatable bonds is 15. The summed E-state index contributed by atoms with van der Waals surface area (Å²) < 4.78 is 18.4. The standard InChI is InChI=1S/C45H55N3O7Si/c1-6-54-35-18-21-39-32(27-35)28-38(46-23-9-10-24-49)43(51)48(39)33-13-11-12-31(26-33)29-47-40-15-8-7-14-37(40)45(44(47)52)30(2)42(41(55-45)22-25-50)56(4,5)36-19-16-34(53-3)17-20-36/h7-8,11-21,26-27,30,38,41-42,46,49-50H,6,9-10,22-25,28-29H2,1-5H3/t30-,38?,41+,42-,45+/m1/s1. The molecule has 11 heteroatoms. The maximum atomic E-state index is 15.2. The van der Waals surface area contributed by atoms with E-state index in [0.717, 1.165) is 51.7 Å². The topological polar surface area (TPSA) is 121 Å². The number of carbonyl (C=O) groups is 2. The van der Waals surface area contributed by atoms with Crippen LogP contribution in [-0.2, 0) is 32.9 Å². The average Bonchev–Trinajstić information content (AvgIpc) is 3.63. The van der Waals surface area contributed by atoms with Gasteiger partial charge < -0.3 is 34.6 Å². The number of hydrogen-bond acceptors (Lipinski definition) is 8. The highest BCUT2D eigenvalue weighted by Gasteiger charge is 2.66. The van der Waals surface area contributed by atoms with Crippen molar-refractivity contribution in [1.29, 1.82) is 0 Å². The van der Waals surface area contributed by atoms with Crippen molar-refractivity contribution in [2.24, 2.45) is 5.92 Å². The lowest BCUT2D eigenvalue weighted by Gasteiger charge is -2.37. The minimum absolute atomic E-state index is 0.0340. The Labute approximate surface area is 331 Å². The minimum Gasteiger partial charge on any atom is -0.497 e. The van der Waals surface area contributed by atoms with Crippen molar-refractivity contribution in [2.45, 2.75) is 82.5 Å². The van der Waals surface area contributed by atoms with Gasteiger partial charge in [-0.25, -0.2) is 0 Å². The van der Waals surface area contributed by atoms with Crippen LogP contribution < -0.4 is 29.8 Å². The van der Waals surface area contributed by atoms with E-state index in [1.807, 2.05) is 90.7 Å². The van der Waals surface area contributed by atoms with Gasteiger partial charge in [0.1, 0.15) is 11.5 Å². The minimum atomic E-state index is -2.30. The Morgan fingerprint density at radius 2 is 1.68 bits per heavy atom. The molecule has 1 spiro atoms. The maximum absolute atomic E-state index is 15.2. The highest BCUT2D eigenvalue weighted by atomic mass is 28.3. The third-order valence-electron chi connectivity index (χ3n) is 12.2. The van der Waals surface area contributed by atoms with Crippen molar-refractivity contribution >= 4 is 42.1 Å². The van der Waals surface area contributed by atoms with Crippen molar-refractivity contribution in [3.63, 3.8) is 0 Å². The van der Waals surface area contributed by atoms with Crippen LogP contribution >= 0.6 is 0 Å². The number of unbranched alkanes of at least 4 members (excludes halogenated alkanes) is 1. The van der Waals surface area contributed by atoms with Crippen LogP contribution in [0.15, 0.2) is 91.0 Å². The molecular weight excluding hydrogens is 723 g/mol. The lowest BCUT2D eigenvalue weighted by molar-refractivity contribution is -0.146. The van der Waals surface area contributed by atoms with E-state index in [2.05, 4.69) is 37.5 Å². The van der Waals surface area contributed by atoms with Gasteiger partial charge in [0, 0.05) is 30.4 Å². The molecular formula is C45H55N3O7Si. The van der Waals surface area contributed by atoms with E-state index >= 15 is 4.79 Å².